The second-order valence-electron chi connectivity index (χ2n) is 3.19. The minimum atomic E-state index is -4.82. The quantitative estimate of drug-likeness (QED) is 0.847. The van der Waals surface area contributed by atoms with Crippen LogP contribution in [0.5, 0.6) is 0 Å². The number of carbonyl (C=O) groups excluding carboxylic acids is 1. The minimum Gasteiger partial charge on any atom is -0.324 e. The van der Waals surface area contributed by atoms with E-state index in [0.29, 0.717) is 0 Å². The number of benzene rings is 1. The lowest BCUT2D eigenvalue weighted by atomic mass is 10.1. The Hall–Kier alpha value is -1.62. The fourth-order valence-corrected chi connectivity index (χ4v) is 1.71. The average Bonchev–Trinajstić information content (AvgIpc) is 2.20. The van der Waals surface area contributed by atoms with Crippen molar-refractivity contribution in [3.05, 3.63) is 28.0 Å². The van der Waals surface area contributed by atoms with Crippen LogP contribution in [0.25, 0.3) is 0 Å². The van der Waals surface area contributed by atoms with Crippen LogP contribution in [0.1, 0.15) is 12.0 Å². The van der Waals surface area contributed by atoms with E-state index in [4.69, 9.17) is 5.26 Å². The van der Waals surface area contributed by atoms with Crippen LogP contribution >= 0.6 is 15.9 Å². The van der Waals surface area contributed by atoms with Crippen LogP contribution in [-0.4, -0.2) is 5.91 Å². The highest BCUT2D eigenvalue weighted by molar-refractivity contribution is 9.10. The van der Waals surface area contributed by atoms with Crippen molar-refractivity contribution in [2.45, 2.75) is 12.6 Å². The maximum absolute atomic E-state index is 12.9. The molecule has 8 heteroatoms. The summed E-state index contributed by atoms with van der Waals surface area (Å²) in [6, 6.07) is 2.55. The summed E-state index contributed by atoms with van der Waals surface area (Å²) in [6.07, 6.45) is -5.42. The minimum absolute atomic E-state index is 0.249. The van der Waals surface area contributed by atoms with E-state index in [1.54, 1.807) is 0 Å². The molecule has 0 bridgehead atoms. The third-order valence-corrected chi connectivity index (χ3v) is 2.49. The zero-order valence-electron chi connectivity index (χ0n) is 8.61. The summed E-state index contributed by atoms with van der Waals surface area (Å²) in [5, 5.41) is 10.2. The lowest BCUT2D eigenvalue weighted by Crippen LogP contribution is -2.16. The van der Waals surface area contributed by atoms with E-state index in [1.807, 2.05) is 5.32 Å². The SMILES string of the molecule is N#CCC(=O)Nc1c(Br)cc(F)cc1C(F)(F)F. The molecular formula is C10H5BrF4N2O. The van der Waals surface area contributed by atoms with Crippen molar-refractivity contribution in [3.63, 3.8) is 0 Å². The molecule has 0 fully saturated rings. The highest BCUT2D eigenvalue weighted by atomic mass is 79.9. The molecule has 1 aromatic rings. The number of carbonyl (C=O) groups is 1. The van der Waals surface area contributed by atoms with Gasteiger partial charge in [0.05, 0.1) is 17.3 Å². The van der Waals surface area contributed by atoms with Gasteiger partial charge in [0, 0.05) is 4.47 Å². The number of rotatable bonds is 2. The first kappa shape index (κ1) is 14.4. The Kier molecular flexibility index (Phi) is 4.29. The van der Waals surface area contributed by atoms with E-state index in [0.717, 1.165) is 6.07 Å². The number of nitrogens with zero attached hydrogens (tertiary/aromatic N) is 1. The van der Waals surface area contributed by atoms with Gasteiger partial charge < -0.3 is 5.32 Å². The van der Waals surface area contributed by atoms with Gasteiger partial charge in [0.15, 0.2) is 0 Å². The molecule has 0 aliphatic carbocycles. The average molecular weight is 325 g/mol. The van der Waals surface area contributed by atoms with Crippen LogP contribution in [0.3, 0.4) is 0 Å². The number of hydrogen-bond acceptors (Lipinski definition) is 2. The summed E-state index contributed by atoms with van der Waals surface area (Å²) in [6.45, 7) is 0. The van der Waals surface area contributed by atoms with Gasteiger partial charge in [0.1, 0.15) is 12.2 Å². The molecule has 0 aliphatic heterocycles. The Bertz CT molecular complexity index is 522. The Labute approximate surface area is 108 Å². The summed E-state index contributed by atoms with van der Waals surface area (Å²) in [4.78, 5) is 11.1. The first-order valence-corrected chi connectivity index (χ1v) is 5.28. The topological polar surface area (TPSA) is 52.9 Å². The Morgan fingerprint density at radius 3 is 2.56 bits per heavy atom. The highest BCUT2D eigenvalue weighted by Gasteiger charge is 2.35. The number of halogens is 5. The van der Waals surface area contributed by atoms with Crippen molar-refractivity contribution in [3.8, 4) is 6.07 Å². The first-order valence-electron chi connectivity index (χ1n) is 4.48. The number of nitriles is 1. The molecule has 1 amide bonds. The van der Waals surface area contributed by atoms with Crippen LogP contribution in [0.15, 0.2) is 16.6 Å². The molecule has 1 aromatic carbocycles. The number of anilines is 1. The summed E-state index contributed by atoms with van der Waals surface area (Å²) >= 11 is 2.73. The van der Waals surface area contributed by atoms with Gasteiger partial charge in [-0.3, -0.25) is 4.79 Å². The predicted octanol–water partition coefficient (Wildman–Crippen LogP) is 3.46. The summed E-state index contributed by atoms with van der Waals surface area (Å²) in [5.41, 5.74) is -1.93. The smallest absolute Gasteiger partial charge is 0.324 e. The Morgan fingerprint density at radius 2 is 2.06 bits per heavy atom. The maximum Gasteiger partial charge on any atom is 0.418 e. The monoisotopic (exact) mass is 324 g/mol. The number of alkyl halides is 3. The van der Waals surface area contributed by atoms with Crippen molar-refractivity contribution >= 4 is 27.5 Å². The van der Waals surface area contributed by atoms with E-state index in [9.17, 15) is 22.4 Å². The van der Waals surface area contributed by atoms with E-state index in [-0.39, 0.29) is 10.5 Å². The second kappa shape index (κ2) is 5.35. The molecule has 0 heterocycles. The molecule has 0 saturated heterocycles. The van der Waals surface area contributed by atoms with Gasteiger partial charge in [-0.25, -0.2) is 4.39 Å². The number of hydrogen-bond donors (Lipinski definition) is 1. The molecule has 0 aliphatic rings. The molecule has 0 radical (unpaired) electrons. The molecular weight excluding hydrogens is 320 g/mol. The van der Waals surface area contributed by atoms with Crippen molar-refractivity contribution in [1.29, 1.82) is 5.26 Å². The molecule has 1 rings (SSSR count). The summed E-state index contributed by atoms with van der Waals surface area (Å²) in [5.74, 6) is -2.00. The van der Waals surface area contributed by atoms with Crippen molar-refractivity contribution < 1.29 is 22.4 Å². The van der Waals surface area contributed by atoms with Gasteiger partial charge in [0.25, 0.3) is 0 Å². The molecule has 0 saturated carbocycles. The third-order valence-electron chi connectivity index (χ3n) is 1.86. The van der Waals surface area contributed by atoms with Gasteiger partial charge in [0.2, 0.25) is 5.91 Å². The molecule has 0 atom stereocenters. The maximum atomic E-state index is 12.9. The van der Waals surface area contributed by atoms with Gasteiger partial charge in [-0.2, -0.15) is 18.4 Å². The molecule has 3 nitrogen and oxygen atoms in total. The van der Waals surface area contributed by atoms with Gasteiger partial charge in [-0.15, -0.1) is 0 Å². The molecule has 0 aromatic heterocycles. The van der Waals surface area contributed by atoms with E-state index >= 15 is 0 Å². The van der Waals surface area contributed by atoms with Gasteiger partial charge in [-0.1, -0.05) is 0 Å². The molecule has 0 spiro atoms. The molecule has 1 N–H and O–H groups in total. The normalized spacial score (nSPS) is 10.9. The van der Waals surface area contributed by atoms with Crippen molar-refractivity contribution in [2.24, 2.45) is 0 Å². The first-order chi connectivity index (χ1) is 8.25. The van der Waals surface area contributed by atoms with Crippen LogP contribution in [0, 0.1) is 17.1 Å². The zero-order valence-corrected chi connectivity index (χ0v) is 10.2. The molecule has 96 valence electrons. The largest absolute Gasteiger partial charge is 0.418 e. The van der Waals surface area contributed by atoms with Crippen LogP contribution in [0.2, 0.25) is 0 Å². The fraction of sp³-hybridized carbons (Fsp3) is 0.200. The second-order valence-corrected chi connectivity index (χ2v) is 4.05. The van der Waals surface area contributed by atoms with E-state index in [2.05, 4.69) is 15.9 Å². The highest BCUT2D eigenvalue weighted by Crippen LogP contribution is 2.39. The zero-order chi connectivity index (χ0) is 13.9. The van der Waals surface area contributed by atoms with Crippen LogP contribution in [0.4, 0.5) is 23.2 Å². The van der Waals surface area contributed by atoms with E-state index < -0.39 is 35.6 Å². The number of nitrogens with one attached hydrogen (secondary N) is 1. The van der Waals surface area contributed by atoms with Gasteiger partial charge in [-0.05, 0) is 28.1 Å². The van der Waals surface area contributed by atoms with Crippen molar-refractivity contribution in [2.75, 3.05) is 5.32 Å². The lowest BCUT2D eigenvalue weighted by molar-refractivity contribution is -0.137. The molecule has 0 unspecified atom stereocenters. The van der Waals surface area contributed by atoms with Crippen LogP contribution < -0.4 is 5.32 Å². The summed E-state index contributed by atoms with van der Waals surface area (Å²) in [7, 11) is 0. The lowest BCUT2D eigenvalue weighted by Gasteiger charge is -2.15. The third kappa shape index (κ3) is 3.43. The summed E-state index contributed by atoms with van der Waals surface area (Å²) < 4.78 is 50.6. The van der Waals surface area contributed by atoms with Crippen molar-refractivity contribution in [1.82, 2.24) is 0 Å². The van der Waals surface area contributed by atoms with Crippen LogP contribution in [-0.2, 0) is 11.0 Å². The predicted molar refractivity (Wildman–Crippen MR) is 58.0 cm³/mol. The standard InChI is InChI=1S/C10H5BrF4N2O/c11-7-4-5(12)3-6(10(13,14)15)9(7)17-8(18)1-2-16/h3-4H,1H2,(H,17,18). The Balaban J connectivity index is 3.25. The Morgan fingerprint density at radius 1 is 1.44 bits per heavy atom. The fourth-order valence-electron chi connectivity index (χ4n) is 1.18. The number of amides is 1. The van der Waals surface area contributed by atoms with E-state index in [1.165, 1.54) is 6.07 Å². The molecule has 18 heavy (non-hydrogen) atoms. The van der Waals surface area contributed by atoms with Gasteiger partial charge >= 0.3 is 6.18 Å².